The van der Waals surface area contributed by atoms with Crippen LogP contribution in [0.25, 0.3) is 16.7 Å². The number of aromatic nitrogens is 2. The summed E-state index contributed by atoms with van der Waals surface area (Å²) in [7, 11) is 3.31. The van der Waals surface area contributed by atoms with Gasteiger partial charge in [-0.25, -0.2) is 4.98 Å². The lowest BCUT2D eigenvalue weighted by molar-refractivity contribution is 0.394. The number of fused-ring (bicyclic) bond motifs is 1. The van der Waals surface area contributed by atoms with Gasteiger partial charge in [0.05, 0.1) is 31.4 Å². The molecule has 0 bridgehead atoms. The first kappa shape index (κ1) is 19.6. The van der Waals surface area contributed by atoms with E-state index in [1.807, 2.05) is 30.3 Å². The fourth-order valence-electron chi connectivity index (χ4n) is 3.29. The van der Waals surface area contributed by atoms with Crippen LogP contribution in [-0.4, -0.2) is 30.7 Å². The topological polar surface area (TPSA) is 98.2 Å². The van der Waals surface area contributed by atoms with Crippen LogP contribution in [0.15, 0.2) is 59.5 Å². The predicted octanol–water partition coefficient (Wildman–Crippen LogP) is 4.49. The molecule has 1 heterocycles. The Kier molecular flexibility index (Phi) is 5.47. The van der Waals surface area contributed by atoms with Gasteiger partial charge in [0.1, 0.15) is 22.9 Å². The molecule has 0 atom stereocenters. The van der Waals surface area contributed by atoms with Crippen molar-refractivity contribution >= 4 is 28.1 Å². The number of methoxy groups -OCH3 is 2. The summed E-state index contributed by atoms with van der Waals surface area (Å²) in [5.41, 5.74) is 4.45. The molecule has 1 aliphatic carbocycles. The lowest BCUT2D eigenvalue weighted by Gasteiger charge is -2.26. The minimum Gasteiger partial charge on any atom is -0.497 e. The fraction of sp³-hybridized carbons (Fsp3) is 0.273. The molecule has 4 rings (SSSR count). The Morgan fingerprint density at radius 3 is 2.47 bits per heavy atom. The third-order valence-electron chi connectivity index (χ3n) is 5.10. The zero-order valence-corrected chi connectivity index (χ0v) is 17.1. The van der Waals surface area contributed by atoms with Gasteiger partial charge in [-0.15, -0.1) is 5.11 Å². The molecule has 1 saturated carbocycles. The Balaban J connectivity index is 1.78. The molecule has 3 aromatic rings. The molecule has 0 radical (unpaired) electrons. The first-order valence-corrected chi connectivity index (χ1v) is 9.69. The molecule has 30 heavy (non-hydrogen) atoms. The minimum absolute atomic E-state index is 0.365. The molecule has 2 aromatic carbocycles. The average molecular weight is 404 g/mol. The second-order valence-corrected chi connectivity index (χ2v) is 7.22. The Hall–Kier alpha value is -3.68. The molecule has 1 aliphatic rings. The lowest BCUT2D eigenvalue weighted by Crippen LogP contribution is -2.20. The number of nitrogens with zero attached hydrogens (tertiary/aromatic N) is 5. The van der Waals surface area contributed by atoms with Gasteiger partial charge in [0.15, 0.2) is 0 Å². The number of hydrogen-bond acceptors (Lipinski definition) is 7. The minimum atomic E-state index is 0.365. The molecule has 1 fully saturated rings. The van der Waals surface area contributed by atoms with E-state index in [1.165, 1.54) is 12.8 Å². The maximum absolute atomic E-state index is 5.47. The van der Waals surface area contributed by atoms with Gasteiger partial charge in [0, 0.05) is 36.1 Å². The normalized spacial score (nSPS) is 13.5. The quantitative estimate of drug-likeness (QED) is 0.337. The molecule has 0 saturated heterocycles. The van der Waals surface area contributed by atoms with Crippen molar-refractivity contribution in [2.24, 2.45) is 22.1 Å². The van der Waals surface area contributed by atoms with Gasteiger partial charge in [-0.2, -0.15) is 0 Å². The maximum Gasteiger partial charge on any atom is 0.124 e. The molecular weight excluding hydrogens is 380 g/mol. The van der Waals surface area contributed by atoms with Crippen molar-refractivity contribution in [3.8, 4) is 11.5 Å². The summed E-state index contributed by atoms with van der Waals surface area (Å²) in [6.45, 7) is 4.74. The van der Waals surface area contributed by atoms with Crippen molar-refractivity contribution in [1.82, 2.24) is 9.97 Å². The molecule has 0 amide bonds. The smallest absolute Gasteiger partial charge is 0.124 e. The second kappa shape index (κ2) is 8.36. The molecule has 8 heteroatoms. The van der Waals surface area contributed by atoms with Crippen LogP contribution in [0.3, 0.4) is 0 Å². The van der Waals surface area contributed by atoms with Gasteiger partial charge in [-0.3, -0.25) is 4.98 Å². The number of rotatable bonds is 8. The number of nitrogens with two attached hydrogens (primary N) is 1. The van der Waals surface area contributed by atoms with E-state index >= 15 is 0 Å². The summed E-state index contributed by atoms with van der Waals surface area (Å²) in [6, 6.07) is 11.9. The van der Waals surface area contributed by atoms with Gasteiger partial charge < -0.3 is 20.2 Å². The molecule has 0 aliphatic heterocycles. The largest absolute Gasteiger partial charge is 0.497 e. The maximum atomic E-state index is 5.47. The number of anilines is 2. The highest BCUT2D eigenvalue weighted by Gasteiger charge is 2.26. The van der Waals surface area contributed by atoms with Crippen LogP contribution in [0.5, 0.6) is 11.5 Å². The number of hydrogen-bond donors (Lipinski definition) is 1. The first-order chi connectivity index (χ1) is 14.6. The SMILES string of the molecule is C=C(N=NN)c1cnc2ccc(N(CC3CC3)c3cc(OC)cc(OC)c3)cc2n1. The Bertz CT molecular complexity index is 1090. The van der Waals surface area contributed by atoms with E-state index in [0.29, 0.717) is 17.3 Å². The zero-order valence-electron chi connectivity index (χ0n) is 17.1. The van der Waals surface area contributed by atoms with Crippen LogP contribution in [0, 0.1) is 5.92 Å². The van der Waals surface area contributed by atoms with Crippen LogP contribution in [0.1, 0.15) is 18.5 Å². The summed E-state index contributed by atoms with van der Waals surface area (Å²) in [6.07, 6.45) is 4.09. The molecule has 154 valence electrons. The van der Waals surface area contributed by atoms with Crippen LogP contribution >= 0.6 is 0 Å². The van der Waals surface area contributed by atoms with E-state index in [4.69, 9.17) is 15.3 Å². The fourth-order valence-corrected chi connectivity index (χ4v) is 3.29. The van der Waals surface area contributed by atoms with E-state index in [-0.39, 0.29) is 0 Å². The van der Waals surface area contributed by atoms with Gasteiger partial charge in [0.2, 0.25) is 0 Å². The zero-order chi connectivity index (χ0) is 21.1. The van der Waals surface area contributed by atoms with Gasteiger partial charge in [-0.1, -0.05) is 11.8 Å². The van der Waals surface area contributed by atoms with Crippen molar-refractivity contribution in [3.05, 3.63) is 54.9 Å². The van der Waals surface area contributed by atoms with E-state index in [2.05, 4.69) is 37.9 Å². The van der Waals surface area contributed by atoms with Crippen LogP contribution < -0.4 is 20.2 Å². The van der Waals surface area contributed by atoms with E-state index < -0.39 is 0 Å². The molecule has 2 N–H and O–H groups in total. The van der Waals surface area contributed by atoms with Gasteiger partial charge in [0.25, 0.3) is 0 Å². The summed E-state index contributed by atoms with van der Waals surface area (Å²) in [5.74, 6) is 7.29. The summed E-state index contributed by atoms with van der Waals surface area (Å²) < 4.78 is 10.9. The highest BCUT2D eigenvalue weighted by Crippen LogP contribution is 2.38. The highest BCUT2D eigenvalue weighted by atomic mass is 16.5. The van der Waals surface area contributed by atoms with Crippen molar-refractivity contribution in [1.29, 1.82) is 0 Å². The van der Waals surface area contributed by atoms with E-state index in [1.54, 1.807) is 20.4 Å². The van der Waals surface area contributed by atoms with Crippen LogP contribution in [0.2, 0.25) is 0 Å². The van der Waals surface area contributed by atoms with Gasteiger partial charge >= 0.3 is 0 Å². The van der Waals surface area contributed by atoms with E-state index in [0.717, 1.165) is 40.5 Å². The lowest BCUT2D eigenvalue weighted by atomic mass is 10.1. The number of ether oxygens (including phenoxy) is 2. The Morgan fingerprint density at radius 1 is 1.10 bits per heavy atom. The Morgan fingerprint density at radius 2 is 1.83 bits per heavy atom. The number of benzene rings is 2. The molecule has 8 nitrogen and oxygen atoms in total. The van der Waals surface area contributed by atoms with Crippen LogP contribution in [0.4, 0.5) is 11.4 Å². The van der Waals surface area contributed by atoms with Crippen molar-refractivity contribution in [2.45, 2.75) is 12.8 Å². The average Bonchev–Trinajstić information content (AvgIpc) is 3.60. The highest BCUT2D eigenvalue weighted by molar-refractivity contribution is 5.82. The summed E-state index contributed by atoms with van der Waals surface area (Å²) >= 11 is 0. The summed E-state index contributed by atoms with van der Waals surface area (Å²) in [5, 5.41) is 7.04. The molecule has 0 spiro atoms. The van der Waals surface area contributed by atoms with Gasteiger partial charge in [-0.05, 0) is 37.0 Å². The van der Waals surface area contributed by atoms with Crippen molar-refractivity contribution in [2.75, 3.05) is 25.7 Å². The van der Waals surface area contributed by atoms with Crippen LogP contribution in [-0.2, 0) is 0 Å². The third-order valence-corrected chi connectivity index (χ3v) is 5.10. The van der Waals surface area contributed by atoms with E-state index in [9.17, 15) is 0 Å². The monoisotopic (exact) mass is 404 g/mol. The molecule has 1 aromatic heterocycles. The molecule has 0 unspecified atom stereocenters. The van der Waals surface area contributed by atoms with Crippen molar-refractivity contribution < 1.29 is 9.47 Å². The predicted molar refractivity (Wildman–Crippen MR) is 117 cm³/mol. The molecular formula is C22H24N6O2. The third kappa shape index (κ3) is 4.17. The second-order valence-electron chi connectivity index (χ2n) is 7.22. The summed E-state index contributed by atoms with van der Waals surface area (Å²) in [4.78, 5) is 11.4. The Labute approximate surface area is 175 Å². The standard InChI is InChI=1S/C22H24N6O2/c1-14(26-27-23)22-12-24-20-7-6-16(10-21(20)25-22)28(13-15-4-5-15)17-8-18(29-2)11-19(9-17)30-3/h6-12,15H,1,4-5,13H2,2-3H3,(H2,23,26). The first-order valence-electron chi connectivity index (χ1n) is 9.69. The van der Waals surface area contributed by atoms with Crippen molar-refractivity contribution in [3.63, 3.8) is 0 Å².